The summed E-state index contributed by atoms with van der Waals surface area (Å²) in [5, 5.41) is 3.78. The van der Waals surface area contributed by atoms with Crippen LogP contribution >= 0.6 is 23.2 Å². The van der Waals surface area contributed by atoms with E-state index in [4.69, 9.17) is 23.2 Å². The van der Waals surface area contributed by atoms with Gasteiger partial charge in [-0.1, -0.05) is 30.1 Å². The summed E-state index contributed by atoms with van der Waals surface area (Å²) in [6, 6.07) is 3.80. The molecule has 1 atom stereocenters. The third kappa shape index (κ3) is 2.35. The topological polar surface area (TPSA) is 32.3 Å². The van der Waals surface area contributed by atoms with Crippen LogP contribution in [0.1, 0.15) is 20.3 Å². The summed E-state index contributed by atoms with van der Waals surface area (Å²) in [7, 11) is 0. The predicted molar refractivity (Wildman–Crippen MR) is 72.2 cm³/mol. The first-order valence-corrected chi connectivity index (χ1v) is 6.34. The number of nitrogens with zero attached hydrogens (tertiary/aromatic N) is 1. The van der Waals surface area contributed by atoms with E-state index in [1.54, 1.807) is 6.07 Å². The summed E-state index contributed by atoms with van der Waals surface area (Å²) in [4.78, 5) is 13.7. The van der Waals surface area contributed by atoms with Crippen molar-refractivity contribution in [2.45, 2.75) is 26.3 Å². The Labute approximate surface area is 111 Å². The highest BCUT2D eigenvalue weighted by atomic mass is 35.5. The normalized spacial score (nSPS) is 16.5. The van der Waals surface area contributed by atoms with Crippen molar-refractivity contribution >= 4 is 40.5 Å². The lowest BCUT2D eigenvalue weighted by atomic mass is 10.1. The van der Waals surface area contributed by atoms with Gasteiger partial charge in [0.1, 0.15) is 0 Å². The van der Waals surface area contributed by atoms with Crippen molar-refractivity contribution in [3.05, 3.63) is 22.2 Å². The lowest BCUT2D eigenvalue weighted by Gasteiger charge is -2.35. The van der Waals surface area contributed by atoms with E-state index in [1.165, 1.54) is 0 Å². The van der Waals surface area contributed by atoms with E-state index < -0.39 is 0 Å². The fourth-order valence-electron chi connectivity index (χ4n) is 1.92. The molecule has 1 aliphatic heterocycles. The number of halogens is 2. The molecule has 0 aromatic heterocycles. The molecule has 1 heterocycles. The van der Waals surface area contributed by atoms with Crippen molar-refractivity contribution in [2.24, 2.45) is 0 Å². The van der Waals surface area contributed by atoms with Crippen LogP contribution in [0.4, 0.5) is 11.4 Å². The smallest absolute Gasteiger partial charge is 0.243 e. The van der Waals surface area contributed by atoms with Gasteiger partial charge in [0.2, 0.25) is 5.91 Å². The molecular weight excluding hydrogens is 259 g/mol. The average molecular weight is 273 g/mol. The number of carbonyl (C=O) groups is 1. The second-order valence-electron chi connectivity index (χ2n) is 4.22. The van der Waals surface area contributed by atoms with Crippen molar-refractivity contribution < 1.29 is 4.79 Å². The lowest BCUT2D eigenvalue weighted by Crippen LogP contribution is -2.43. The van der Waals surface area contributed by atoms with E-state index in [0.717, 1.165) is 17.8 Å². The number of benzene rings is 1. The van der Waals surface area contributed by atoms with E-state index in [2.05, 4.69) is 24.1 Å². The second-order valence-corrected chi connectivity index (χ2v) is 5.03. The number of hydrogen-bond acceptors (Lipinski definition) is 2. The van der Waals surface area contributed by atoms with Crippen molar-refractivity contribution in [3.63, 3.8) is 0 Å². The molecule has 0 bridgehead atoms. The first-order valence-electron chi connectivity index (χ1n) is 5.58. The number of anilines is 2. The third-order valence-electron chi connectivity index (χ3n) is 3.06. The Morgan fingerprint density at radius 2 is 2.06 bits per heavy atom. The molecule has 0 fully saturated rings. The van der Waals surface area contributed by atoms with Crippen LogP contribution in [0, 0.1) is 0 Å². The monoisotopic (exact) mass is 272 g/mol. The van der Waals surface area contributed by atoms with Gasteiger partial charge in [0.15, 0.2) is 0 Å². The van der Waals surface area contributed by atoms with E-state index in [0.29, 0.717) is 16.6 Å². The van der Waals surface area contributed by atoms with Crippen molar-refractivity contribution in [3.8, 4) is 0 Å². The van der Waals surface area contributed by atoms with Gasteiger partial charge >= 0.3 is 0 Å². The molecule has 1 aromatic carbocycles. The zero-order valence-corrected chi connectivity index (χ0v) is 11.3. The standard InChI is InChI=1S/C12H14Cl2N2O/c1-3-7(2)16-6-12(17)15-10-4-8(13)9(14)5-11(10)16/h4-5,7H,3,6H2,1-2H3,(H,15,17). The number of nitrogens with one attached hydrogen (secondary N) is 1. The Bertz CT molecular complexity index is 462. The van der Waals surface area contributed by atoms with Gasteiger partial charge in [-0.15, -0.1) is 0 Å². The van der Waals surface area contributed by atoms with Gasteiger partial charge < -0.3 is 10.2 Å². The molecule has 0 saturated heterocycles. The van der Waals surface area contributed by atoms with Crippen LogP contribution in [0.15, 0.2) is 12.1 Å². The summed E-state index contributed by atoms with van der Waals surface area (Å²) in [6.45, 7) is 4.54. The number of rotatable bonds is 2. The zero-order chi connectivity index (χ0) is 12.6. The van der Waals surface area contributed by atoms with Gasteiger partial charge in [0, 0.05) is 6.04 Å². The molecule has 17 heavy (non-hydrogen) atoms. The first-order chi connectivity index (χ1) is 8.02. The lowest BCUT2D eigenvalue weighted by molar-refractivity contribution is -0.115. The van der Waals surface area contributed by atoms with Crippen LogP contribution in [0.3, 0.4) is 0 Å². The Morgan fingerprint density at radius 3 is 2.71 bits per heavy atom. The van der Waals surface area contributed by atoms with E-state index in [1.807, 2.05) is 6.07 Å². The summed E-state index contributed by atoms with van der Waals surface area (Å²) in [5.74, 6) is -0.0174. The maximum atomic E-state index is 11.6. The molecule has 1 N–H and O–H groups in total. The molecule has 1 aliphatic rings. The van der Waals surface area contributed by atoms with Crippen LogP contribution in [-0.2, 0) is 4.79 Å². The van der Waals surface area contributed by atoms with Crippen LogP contribution in [0.5, 0.6) is 0 Å². The number of carbonyl (C=O) groups excluding carboxylic acids is 1. The largest absolute Gasteiger partial charge is 0.358 e. The molecule has 1 amide bonds. The summed E-state index contributed by atoms with van der Waals surface area (Å²) in [6.07, 6.45) is 0.965. The van der Waals surface area contributed by atoms with Gasteiger partial charge in [-0.05, 0) is 25.5 Å². The minimum Gasteiger partial charge on any atom is -0.358 e. The number of fused-ring (bicyclic) bond motifs is 1. The molecule has 1 aromatic rings. The van der Waals surface area contributed by atoms with Gasteiger partial charge in [-0.25, -0.2) is 0 Å². The average Bonchev–Trinajstić information content (AvgIpc) is 2.29. The Hall–Kier alpha value is -0.930. The Morgan fingerprint density at radius 1 is 1.41 bits per heavy atom. The van der Waals surface area contributed by atoms with Crippen LogP contribution in [-0.4, -0.2) is 18.5 Å². The molecule has 5 heteroatoms. The first kappa shape index (κ1) is 12.5. The molecule has 3 nitrogen and oxygen atoms in total. The quantitative estimate of drug-likeness (QED) is 0.893. The minimum absolute atomic E-state index is 0.0174. The minimum atomic E-state index is -0.0174. The third-order valence-corrected chi connectivity index (χ3v) is 3.78. The molecular formula is C12H14Cl2N2O. The molecule has 0 spiro atoms. The van der Waals surface area contributed by atoms with Gasteiger partial charge in [-0.2, -0.15) is 0 Å². The highest BCUT2D eigenvalue weighted by Crippen LogP contribution is 2.37. The van der Waals surface area contributed by atoms with Crippen molar-refractivity contribution in [1.29, 1.82) is 0 Å². The zero-order valence-electron chi connectivity index (χ0n) is 9.76. The highest BCUT2D eigenvalue weighted by Gasteiger charge is 2.25. The maximum absolute atomic E-state index is 11.6. The highest BCUT2D eigenvalue weighted by molar-refractivity contribution is 6.42. The van der Waals surface area contributed by atoms with Gasteiger partial charge in [0.25, 0.3) is 0 Å². The van der Waals surface area contributed by atoms with E-state index >= 15 is 0 Å². The molecule has 2 rings (SSSR count). The van der Waals surface area contributed by atoms with Gasteiger partial charge in [0.05, 0.1) is 28.0 Å². The molecule has 0 aliphatic carbocycles. The SMILES string of the molecule is CCC(C)N1CC(=O)Nc2cc(Cl)c(Cl)cc21. The molecule has 0 radical (unpaired) electrons. The summed E-state index contributed by atoms with van der Waals surface area (Å²) < 4.78 is 0. The number of hydrogen-bond donors (Lipinski definition) is 1. The predicted octanol–water partition coefficient (Wildman–Crippen LogP) is 3.55. The van der Waals surface area contributed by atoms with E-state index in [9.17, 15) is 4.79 Å². The molecule has 1 unspecified atom stereocenters. The van der Waals surface area contributed by atoms with Crippen LogP contribution in [0.25, 0.3) is 0 Å². The summed E-state index contributed by atoms with van der Waals surface area (Å²) in [5.41, 5.74) is 1.67. The molecule has 92 valence electrons. The summed E-state index contributed by atoms with van der Waals surface area (Å²) >= 11 is 12.0. The fraction of sp³-hybridized carbons (Fsp3) is 0.417. The molecule has 0 saturated carbocycles. The number of amides is 1. The fourth-order valence-corrected chi connectivity index (χ4v) is 2.24. The van der Waals surface area contributed by atoms with Crippen LogP contribution in [0.2, 0.25) is 10.0 Å². The van der Waals surface area contributed by atoms with Crippen molar-refractivity contribution in [2.75, 3.05) is 16.8 Å². The maximum Gasteiger partial charge on any atom is 0.243 e. The van der Waals surface area contributed by atoms with Gasteiger partial charge in [-0.3, -0.25) is 4.79 Å². The second kappa shape index (κ2) is 4.75. The Balaban J connectivity index is 2.48. The van der Waals surface area contributed by atoms with Crippen molar-refractivity contribution in [1.82, 2.24) is 0 Å². The van der Waals surface area contributed by atoms with Crippen LogP contribution < -0.4 is 10.2 Å². The Kier molecular flexibility index (Phi) is 3.50. The van der Waals surface area contributed by atoms with E-state index in [-0.39, 0.29) is 11.9 Å².